The number of β-lactam (4-membered cyclic amide) rings is 1. The first-order valence-electron chi connectivity index (χ1n) is 14.6. The second-order valence-electron chi connectivity index (χ2n) is 10.6. The first kappa shape index (κ1) is 36.8. The molecule has 0 aliphatic carbocycles. The minimum absolute atomic E-state index is 0.0470. The van der Waals surface area contributed by atoms with Crippen LogP contribution in [0.4, 0.5) is 9.93 Å². The summed E-state index contributed by atoms with van der Waals surface area (Å²) in [6.07, 6.45) is 1.38. The van der Waals surface area contributed by atoms with Crippen molar-refractivity contribution in [3.63, 3.8) is 0 Å². The lowest BCUT2D eigenvalue weighted by molar-refractivity contribution is -0.145. The number of piperidine rings is 1. The molecule has 3 saturated heterocycles. The summed E-state index contributed by atoms with van der Waals surface area (Å²) in [7, 11) is -3.32. The van der Waals surface area contributed by atoms with Crippen molar-refractivity contribution in [3.05, 3.63) is 40.9 Å². The number of nitrogens with one attached hydrogen (secondary N) is 2. The lowest BCUT2D eigenvalue weighted by atomic mass is 9.97. The number of benzene rings is 1. The van der Waals surface area contributed by atoms with Gasteiger partial charge < -0.3 is 46.4 Å². The average molecular weight is 726 g/mol. The third kappa shape index (κ3) is 9.74. The lowest BCUT2D eigenvalue weighted by Crippen LogP contribution is -2.74. The third-order valence-corrected chi connectivity index (χ3v) is 8.92. The van der Waals surface area contributed by atoms with Crippen LogP contribution in [-0.4, -0.2) is 132 Å². The van der Waals surface area contributed by atoms with Crippen LogP contribution in [0, 0.1) is 0 Å². The summed E-state index contributed by atoms with van der Waals surface area (Å²) in [6.45, 7) is 0.979. The number of carboxylic acid groups (broad SMARTS) is 1. The molecule has 49 heavy (non-hydrogen) atoms. The van der Waals surface area contributed by atoms with Gasteiger partial charge in [0.1, 0.15) is 29.9 Å². The summed E-state index contributed by atoms with van der Waals surface area (Å²) in [6, 6.07) is 5.24. The molecule has 5 rings (SSSR count). The summed E-state index contributed by atoms with van der Waals surface area (Å²) in [5.74, 6) is -2.14. The molecule has 3 fully saturated rings. The van der Waals surface area contributed by atoms with Gasteiger partial charge in [-0.1, -0.05) is 5.16 Å². The van der Waals surface area contributed by atoms with Gasteiger partial charge in [-0.05, 0) is 50.2 Å². The zero-order valence-electron chi connectivity index (χ0n) is 26.1. The number of hydrogen-bond acceptors (Lipinski definition) is 15. The number of anilines is 1. The number of rotatable bonds is 12. The van der Waals surface area contributed by atoms with Crippen LogP contribution in [0.25, 0.3) is 0 Å². The number of amidine groups is 1. The van der Waals surface area contributed by atoms with Gasteiger partial charge in [-0.2, -0.15) is 8.42 Å². The standard InChI is InChI=1S/C14H16N6O10S2.C13H19N3O/c15-13-16-6(5-31-13)9(18-30-4-8(21)22)11(23)17-10-7(3-19-1-2-29-14(19)25)20(12(10)24)32(26,27)28;1-17-12-4-2-10(3-5-12)13(14)16-11-6-8-15-9-7-11/h5,7,10H,1-4H2,(H2,15,16)(H,17,23)(H,21,22)(H,26,27,28);2-5,11,15H,6-9H2,1H3,(H2,14,16)/b18-9-;. The number of carbonyl (C=O) groups excluding carboxylic acids is 3. The molecule has 4 heterocycles. The van der Waals surface area contributed by atoms with Crippen LogP contribution in [0.15, 0.2) is 39.8 Å². The molecule has 3 amide bonds. The van der Waals surface area contributed by atoms with Gasteiger partial charge >= 0.3 is 22.4 Å². The highest BCUT2D eigenvalue weighted by Crippen LogP contribution is 2.26. The summed E-state index contributed by atoms with van der Waals surface area (Å²) in [4.78, 5) is 61.5. The summed E-state index contributed by atoms with van der Waals surface area (Å²) < 4.78 is 42.5. The van der Waals surface area contributed by atoms with Gasteiger partial charge in [0.25, 0.3) is 11.8 Å². The summed E-state index contributed by atoms with van der Waals surface area (Å²) in [5, 5.41) is 19.0. The van der Waals surface area contributed by atoms with Gasteiger partial charge in [-0.15, -0.1) is 11.3 Å². The zero-order valence-corrected chi connectivity index (χ0v) is 27.7. The fourth-order valence-electron chi connectivity index (χ4n) is 4.89. The van der Waals surface area contributed by atoms with Crippen molar-refractivity contribution >= 4 is 62.2 Å². The number of ether oxygens (including phenoxy) is 2. The molecule has 3 aliphatic heterocycles. The van der Waals surface area contributed by atoms with Crippen molar-refractivity contribution in [2.75, 3.05) is 52.2 Å². The van der Waals surface area contributed by atoms with Gasteiger partial charge in [0.15, 0.2) is 10.8 Å². The number of nitrogens with zero attached hydrogens (tertiary/aromatic N) is 5. The van der Waals surface area contributed by atoms with Gasteiger partial charge in [0.2, 0.25) is 6.61 Å². The van der Waals surface area contributed by atoms with Crippen LogP contribution in [0.5, 0.6) is 5.75 Å². The number of nitrogens with two attached hydrogens (primary N) is 2. The SMILES string of the molecule is COc1ccc(C(N)=NC2CCNCC2)cc1.Nc1nc(/C(=N/OCC(=O)O)C(=O)NC2C(=O)N(S(=O)(=O)O)C2CN2CCOC2=O)cs1. The molecular weight excluding hydrogens is 690 g/mol. The second kappa shape index (κ2) is 16.4. The molecule has 0 saturated carbocycles. The highest BCUT2D eigenvalue weighted by molar-refractivity contribution is 7.84. The molecule has 1 aromatic heterocycles. The number of hydrogen-bond donors (Lipinski definition) is 6. The molecule has 8 N–H and O–H groups in total. The molecule has 3 aliphatic rings. The predicted molar refractivity (Wildman–Crippen MR) is 173 cm³/mol. The van der Waals surface area contributed by atoms with Crippen molar-refractivity contribution in [2.45, 2.75) is 31.0 Å². The predicted octanol–water partition coefficient (Wildman–Crippen LogP) is -1.37. The summed E-state index contributed by atoms with van der Waals surface area (Å²) in [5.41, 5.74) is 11.9. The third-order valence-electron chi connectivity index (χ3n) is 7.30. The van der Waals surface area contributed by atoms with E-state index in [0.717, 1.165) is 53.5 Å². The first-order chi connectivity index (χ1) is 23.3. The average Bonchev–Trinajstić information content (AvgIpc) is 3.68. The maximum Gasteiger partial charge on any atom is 0.410 e. The largest absolute Gasteiger partial charge is 0.497 e. The van der Waals surface area contributed by atoms with Crippen molar-refractivity contribution in [2.24, 2.45) is 15.9 Å². The van der Waals surface area contributed by atoms with E-state index in [-0.39, 0.29) is 34.8 Å². The maximum absolute atomic E-state index is 12.7. The normalized spacial score (nSPS) is 20.1. The minimum atomic E-state index is -4.98. The maximum atomic E-state index is 12.7. The molecule has 2 atom stereocenters. The van der Waals surface area contributed by atoms with E-state index in [1.807, 2.05) is 24.3 Å². The highest BCUT2D eigenvalue weighted by Gasteiger charge is 2.55. The van der Waals surface area contributed by atoms with E-state index in [1.54, 1.807) is 7.11 Å². The van der Waals surface area contributed by atoms with Gasteiger partial charge in [-0.25, -0.2) is 18.9 Å². The van der Waals surface area contributed by atoms with E-state index in [0.29, 0.717) is 11.9 Å². The number of methoxy groups -OCH3 is 1. The van der Waals surface area contributed by atoms with Crippen molar-refractivity contribution in [1.82, 2.24) is 24.8 Å². The lowest BCUT2D eigenvalue weighted by Gasteiger charge is -2.45. The van der Waals surface area contributed by atoms with E-state index >= 15 is 0 Å². The molecule has 0 bridgehead atoms. The molecule has 2 unspecified atom stereocenters. The van der Waals surface area contributed by atoms with Crippen LogP contribution >= 0.6 is 11.3 Å². The Morgan fingerprint density at radius 1 is 1.22 bits per heavy atom. The number of nitrogen functional groups attached to an aromatic ring is 1. The zero-order chi connectivity index (χ0) is 35.7. The molecule has 266 valence electrons. The molecule has 2 aromatic rings. The number of aliphatic imine (C=N–C) groups is 1. The topological polar surface area (TPSA) is 291 Å². The van der Waals surface area contributed by atoms with Gasteiger partial charge in [0, 0.05) is 17.5 Å². The fraction of sp³-hybridized carbons (Fsp3) is 0.444. The number of aliphatic carboxylic acids is 1. The number of amides is 3. The highest BCUT2D eigenvalue weighted by atomic mass is 32.2. The van der Waals surface area contributed by atoms with E-state index in [4.69, 9.17) is 26.0 Å². The van der Waals surface area contributed by atoms with E-state index in [9.17, 15) is 32.1 Å². The summed E-state index contributed by atoms with van der Waals surface area (Å²) >= 11 is 0.943. The van der Waals surface area contributed by atoms with E-state index in [1.165, 1.54) is 5.38 Å². The molecule has 20 nitrogen and oxygen atoms in total. The first-order valence-corrected chi connectivity index (χ1v) is 16.9. The van der Waals surface area contributed by atoms with Crippen LogP contribution in [0.3, 0.4) is 0 Å². The number of carboxylic acids is 1. The minimum Gasteiger partial charge on any atom is -0.497 e. The Bertz CT molecular complexity index is 1690. The molecule has 22 heteroatoms. The molecule has 0 spiro atoms. The van der Waals surface area contributed by atoms with Crippen LogP contribution in [-0.2, 0) is 34.3 Å². The Labute approximate surface area is 283 Å². The van der Waals surface area contributed by atoms with Crippen LogP contribution < -0.4 is 26.8 Å². The van der Waals surface area contributed by atoms with Crippen molar-refractivity contribution in [3.8, 4) is 5.75 Å². The molecular formula is C27H35N9O11S2. The quantitative estimate of drug-likeness (QED) is 0.0484. The fourth-order valence-corrected chi connectivity index (χ4v) is 6.31. The number of thiazole rings is 1. The Morgan fingerprint density at radius 2 is 1.92 bits per heavy atom. The molecule has 1 aromatic carbocycles. The Balaban J connectivity index is 0.000000266. The Kier molecular flexibility index (Phi) is 12.3. The smallest absolute Gasteiger partial charge is 0.410 e. The second-order valence-corrected chi connectivity index (χ2v) is 12.8. The van der Waals surface area contributed by atoms with Gasteiger partial charge in [-0.3, -0.25) is 19.1 Å². The Hall–Kier alpha value is -5.06. The number of oxime groups is 1. The monoisotopic (exact) mass is 725 g/mol. The van der Waals surface area contributed by atoms with Crippen LogP contribution in [0.1, 0.15) is 24.1 Å². The number of cyclic esters (lactones) is 1. The van der Waals surface area contributed by atoms with Crippen molar-refractivity contribution < 1.29 is 51.6 Å². The van der Waals surface area contributed by atoms with E-state index in [2.05, 4.69) is 30.6 Å². The van der Waals surface area contributed by atoms with Crippen molar-refractivity contribution in [1.29, 1.82) is 0 Å². The number of aromatic nitrogens is 1. The molecule has 0 radical (unpaired) electrons. The number of carbonyl (C=O) groups is 4. The van der Waals surface area contributed by atoms with Gasteiger partial charge in [0.05, 0.1) is 25.7 Å². The Morgan fingerprint density at radius 3 is 2.47 bits per heavy atom. The van der Waals surface area contributed by atoms with E-state index < -0.39 is 58.6 Å². The van der Waals surface area contributed by atoms with Crippen LogP contribution in [0.2, 0.25) is 0 Å².